The minimum absolute atomic E-state index is 0. The smallest absolute Gasteiger partial charge is 0.473 e. The molecule has 9 nitrogen and oxygen atoms in total. The molecule has 1 aromatic carbocycles. The van der Waals surface area contributed by atoms with Crippen molar-refractivity contribution in [3.8, 4) is 0 Å². The molecule has 1 rings (SSSR count). The topological polar surface area (TPSA) is 173 Å². The number of aliphatic hydroxyl groups is 1. The number of nitrogens with zero attached hydrogens (tertiary/aromatic N) is 1. The van der Waals surface area contributed by atoms with Gasteiger partial charge in [0.2, 0.25) is 0 Å². The van der Waals surface area contributed by atoms with Crippen LogP contribution in [-0.2, 0) is 9.59 Å². The summed E-state index contributed by atoms with van der Waals surface area (Å²) in [5, 5.41) is 31.9. The van der Waals surface area contributed by atoms with Gasteiger partial charge in [-0.15, -0.1) is 5.34 Å². The zero-order chi connectivity index (χ0) is 16.7. The number of halogens is 2. The number of anilines is 1. The van der Waals surface area contributed by atoms with Gasteiger partial charge >= 0.3 is 41.5 Å². The molecule has 1 aromatic rings. The normalized spacial score (nSPS) is 7.05. The largest absolute Gasteiger partial charge is 1.00 e. The maximum absolute atomic E-state index is 9.10. The third-order valence-corrected chi connectivity index (χ3v) is 1.71. The van der Waals surface area contributed by atoms with Crippen molar-refractivity contribution in [1.82, 2.24) is 0 Å². The molecule has 0 aliphatic carbocycles. The Morgan fingerprint density at radius 2 is 1.52 bits per heavy atom. The Bertz CT molecular complexity index is 423. The molecule has 0 spiro atoms. The van der Waals surface area contributed by atoms with Crippen molar-refractivity contribution in [2.75, 3.05) is 12.8 Å². The number of benzene rings is 1. The summed E-state index contributed by atoms with van der Waals surface area (Å²) in [7, 11) is 1.00. The molecule has 0 aliphatic rings. The molecule has 12 heteroatoms. The summed E-state index contributed by atoms with van der Waals surface area (Å²) in [4.78, 5) is 26.2. The van der Waals surface area contributed by atoms with Gasteiger partial charge in [-0.25, -0.2) is 9.59 Å². The zero-order valence-corrected chi connectivity index (χ0v) is 14.5. The number of nitrogen functional groups attached to an aromatic ring is 1. The second kappa shape index (κ2) is 18.9. The second-order valence-corrected chi connectivity index (χ2v) is 3.19. The minimum Gasteiger partial charge on any atom is -0.473 e. The summed E-state index contributed by atoms with van der Waals surface area (Å²) < 4.78 is 0. The first-order valence-corrected chi connectivity index (χ1v) is 5.08. The Balaban J connectivity index is -0.000000106. The Morgan fingerprint density at radius 3 is 1.71 bits per heavy atom. The molecule has 0 heterocycles. The van der Waals surface area contributed by atoms with Gasteiger partial charge in [0, 0.05) is 12.1 Å². The Hall–Kier alpha value is -1.10. The van der Waals surface area contributed by atoms with E-state index in [0.717, 1.165) is 12.4 Å². The van der Waals surface area contributed by atoms with E-state index >= 15 is 0 Å². The van der Waals surface area contributed by atoms with E-state index in [-0.39, 0.29) is 29.6 Å². The van der Waals surface area contributed by atoms with Crippen LogP contribution in [0.1, 0.15) is 0 Å². The molecule has 0 bridgehead atoms. The Labute approximate surface area is 151 Å². The van der Waals surface area contributed by atoms with Gasteiger partial charge in [-0.2, -0.15) is 0 Å². The first kappa shape index (κ1) is 28.1. The molecular weight excluding hydrogens is 342 g/mol. The van der Waals surface area contributed by atoms with Crippen LogP contribution < -0.4 is 35.3 Å². The van der Waals surface area contributed by atoms with E-state index in [1.54, 1.807) is 18.2 Å². The number of carboxylic acid groups (broad SMARTS) is 2. The number of aliphatic carboxylic acids is 2. The fourth-order valence-corrected chi connectivity index (χ4v) is 0.910. The average Bonchev–Trinajstić information content (AvgIpc) is 2.38. The van der Waals surface area contributed by atoms with Gasteiger partial charge in [-0.3, -0.25) is 0 Å². The third-order valence-electron chi connectivity index (χ3n) is 1.15. The summed E-state index contributed by atoms with van der Waals surface area (Å²) >= 11 is 11.2. The van der Waals surface area contributed by atoms with Gasteiger partial charge in [0.25, 0.3) is 0 Å². The zero-order valence-electron chi connectivity index (χ0n) is 11.0. The van der Waals surface area contributed by atoms with Crippen LogP contribution in [0.2, 0.25) is 10.0 Å². The summed E-state index contributed by atoms with van der Waals surface area (Å²) in [5.74, 6) is -3.65. The number of hydrogen-bond acceptors (Lipinski definition) is 7. The second-order valence-electron chi connectivity index (χ2n) is 2.35. The van der Waals surface area contributed by atoms with Crippen LogP contribution in [0.15, 0.2) is 23.5 Å². The molecule has 0 fully saturated rings. The van der Waals surface area contributed by atoms with Crippen molar-refractivity contribution in [3.63, 3.8) is 0 Å². The SMILES string of the molecule is CO.Nc1ccc(Cl)cc1Cl.O=C(O)C(=O)O.O=N[O-].[Na+]. The Morgan fingerprint density at radius 1 is 1.19 bits per heavy atom. The molecule has 0 radical (unpaired) electrons. The van der Waals surface area contributed by atoms with Crippen LogP contribution in [-0.4, -0.2) is 34.4 Å². The fourth-order valence-electron chi connectivity index (χ4n) is 0.502. The molecule has 114 valence electrons. The monoisotopic (exact) mass is 352 g/mol. The van der Waals surface area contributed by atoms with Crippen LogP contribution in [0.4, 0.5) is 5.69 Å². The van der Waals surface area contributed by atoms with E-state index in [2.05, 4.69) is 0 Å². The molecule has 21 heavy (non-hydrogen) atoms. The van der Waals surface area contributed by atoms with Crippen LogP contribution in [0, 0.1) is 10.1 Å². The van der Waals surface area contributed by atoms with Crippen LogP contribution in [0.5, 0.6) is 0 Å². The van der Waals surface area contributed by atoms with E-state index in [4.69, 9.17) is 64.0 Å². The maximum atomic E-state index is 9.10. The standard InChI is InChI=1S/C6H5Cl2N.C2H2O4.CH4O.HNO2.Na/c7-4-1-2-6(9)5(8)3-4;3-1(4)2(5)6;1-2;2-1-3;/h1-3H,9H2;(H,3,4)(H,5,6);2H,1H3;(H,2,3);/q;;;;+1/p-1. The van der Waals surface area contributed by atoms with Crippen molar-refractivity contribution in [3.05, 3.63) is 38.4 Å². The number of carbonyl (C=O) groups is 2. The van der Waals surface area contributed by atoms with Crippen LogP contribution in [0.25, 0.3) is 0 Å². The van der Waals surface area contributed by atoms with E-state index in [0.29, 0.717) is 15.7 Å². The summed E-state index contributed by atoms with van der Waals surface area (Å²) in [6.45, 7) is 0. The van der Waals surface area contributed by atoms with Crippen molar-refractivity contribution in [1.29, 1.82) is 0 Å². The molecule has 0 aliphatic heterocycles. The fraction of sp³-hybridized carbons (Fsp3) is 0.111. The van der Waals surface area contributed by atoms with Gasteiger partial charge in [-0.05, 0) is 18.2 Å². The molecule has 0 aromatic heterocycles. The van der Waals surface area contributed by atoms with Gasteiger partial charge in [0.1, 0.15) is 0 Å². The molecular formula is C9H11Cl2N2NaO7. The molecule has 0 saturated carbocycles. The predicted octanol–water partition coefficient (Wildman–Crippen LogP) is -1.41. The minimum atomic E-state index is -1.82. The summed E-state index contributed by atoms with van der Waals surface area (Å²) in [6, 6.07) is 4.98. The van der Waals surface area contributed by atoms with Gasteiger partial charge in [-0.1, -0.05) is 23.2 Å². The molecule has 0 atom stereocenters. The van der Waals surface area contributed by atoms with Gasteiger partial charge < -0.3 is 31.2 Å². The number of carboxylic acids is 2. The first-order chi connectivity index (χ1) is 9.26. The average molecular weight is 353 g/mol. The van der Waals surface area contributed by atoms with Crippen molar-refractivity contribution in [2.24, 2.45) is 5.34 Å². The van der Waals surface area contributed by atoms with Crippen LogP contribution in [0.3, 0.4) is 0 Å². The molecule has 5 N–H and O–H groups in total. The molecule has 0 unspecified atom stereocenters. The number of nitrogens with two attached hydrogens (primary N) is 1. The van der Waals surface area contributed by atoms with Gasteiger partial charge in [0.05, 0.1) is 10.7 Å². The van der Waals surface area contributed by atoms with Gasteiger partial charge in [0.15, 0.2) is 0 Å². The first-order valence-electron chi connectivity index (χ1n) is 4.32. The number of aliphatic hydroxyl groups excluding tert-OH is 1. The molecule has 0 saturated heterocycles. The molecule has 0 amide bonds. The van der Waals surface area contributed by atoms with Crippen molar-refractivity contribution < 1.29 is 54.5 Å². The van der Waals surface area contributed by atoms with Crippen molar-refractivity contribution >= 4 is 40.8 Å². The van der Waals surface area contributed by atoms with E-state index in [9.17, 15) is 0 Å². The quantitative estimate of drug-likeness (QED) is 0.145. The van der Waals surface area contributed by atoms with Crippen LogP contribution >= 0.6 is 23.2 Å². The van der Waals surface area contributed by atoms with E-state index in [1.807, 2.05) is 0 Å². The predicted molar refractivity (Wildman–Crippen MR) is 73.5 cm³/mol. The van der Waals surface area contributed by atoms with Crippen molar-refractivity contribution in [2.45, 2.75) is 0 Å². The van der Waals surface area contributed by atoms with E-state index < -0.39 is 11.9 Å². The van der Waals surface area contributed by atoms with E-state index in [1.165, 1.54) is 0 Å². The Kier molecular flexibility index (Phi) is 25.3. The number of rotatable bonds is 0. The number of hydrogen-bond donors (Lipinski definition) is 4. The maximum Gasteiger partial charge on any atom is 1.00 e. The third kappa shape index (κ3) is 21.4. The summed E-state index contributed by atoms with van der Waals surface area (Å²) in [6.07, 6.45) is 0. The summed E-state index contributed by atoms with van der Waals surface area (Å²) in [5.41, 5.74) is 5.95.